The Morgan fingerprint density at radius 1 is 1.27 bits per heavy atom. The molecule has 4 unspecified atom stereocenters. The van der Waals surface area contributed by atoms with Gasteiger partial charge in [0.15, 0.2) is 0 Å². The van der Waals surface area contributed by atoms with Gasteiger partial charge in [-0.05, 0) is 32.6 Å². The summed E-state index contributed by atoms with van der Waals surface area (Å²) in [6.45, 7) is 6.24. The van der Waals surface area contributed by atoms with Crippen molar-refractivity contribution < 1.29 is 9.47 Å². The van der Waals surface area contributed by atoms with Crippen molar-refractivity contribution in [3.8, 4) is 0 Å². The first kappa shape index (κ1) is 11.4. The summed E-state index contributed by atoms with van der Waals surface area (Å²) in [5, 5.41) is 3.71. The summed E-state index contributed by atoms with van der Waals surface area (Å²) in [6.07, 6.45) is 5.52. The predicted octanol–water partition coefficient (Wildman–Crippen LogP) is 1.71. The van der Waals surface area contributed by atoms with Crippen LogP contribution >= 0.6 is 0 Å². The van der Waals surface area contributed by atoms with E-state index in [1.54, 1.807) is 0 Å². The van der Waals surface area contributed by atoms with Gasteiger partial charge in [-0.3, -0.25) is 0 Å². The third-order valence-corrected chi connectivity index (χ3v) is 3.66. The minimum absolute atomic E-state index is 0.362. The molecule has 2 aliphatic rings. The molecule has 0 amide bonds. The standard InChI is InChI=1S/C12H23NO2/c1-3-10(12-5-4-7-15-12)13-11-6-8-14-9(11)2/h9-13H,3-8H2,1-2H3. The summed E-state index contributed by atoms with van der Waals surface area (Å²) in [4.78, 5) is 0. The van der Waals surface area contributed by atoms with E-state index in [1.807, 2.05) is 0 Å². The van der Waals surface area contributed by atoms with E-state index in [4.69, 9.17) is 9.47 Å². The van der Waals surface area contributed by atoms with Crippen LogP contribution in [0.2, 0.25) is 0 Å². The summed E-state index contributed by atoms with van der Waals surface area (Å²) in [7, 11) is 0. The molecule has 2 rings (SSSR count). The Morgan fingerprint density at radius 3 is 2.67 bits per heavy atom. The molecule has 0 aromatic rings. The predicted molar refractivity (Wildman–Crippen MR) is 60.0 cm³/mol. The fraction of sp³-hybridized carbons (Fsp3) is 1.00. The molecule has 0 aromatic carbocycles. The Morgan fingerprint density at radius 2 is 2.13 bits per heavy atom. The van der Waals surface area contributed by atoms with E-state index in [0.29, 0.717) is 24.3 Å². The Labute approximate surface area is 92.5 Å². The van der Waals surface area contributed by atoms with E-state index >= 15 is 0 Å². The van der Waals surface area contributed by atoms with E-state index in [9.17, 15) is 0 Å². The lowest BCUT2D eigenvalue weighted by Gasteiger charge is -2.27. The van der Waals surface area contributed by atoms with Crippen LogP contribution < -0.4 is 5.32 Å². The lowest BCUT2D eigenvalue weighted by Crippen LogP contribution is -2.47. The van der Waals surface area contributed by atoms with Gasteiger partial charge in [0.2, 0.25) is 0 Å². The molecule has 0 aromatic heterocycles. The molecule has 4 atom stereocenters. The van der Waals surface area contributed by atoms with Gasteiger partial charge in [0.25, 0.3) is 0 Å². The second-order valence-corrected chi connectivity index (χ2v) is 4.70. The molecule has 15 heavy (non-hydrogen) atoms. The third-order valence-electron chi connectivity index (χ3n) is 3.66. The first-order chi connectivity index (χ1) is 7.31. The van der Waals surface area contributed by atoms with Gasteiger partial charge in [0.1, 0.15) is 0 Å². The zero-order valence-corrected chi connectivity index (χ0v) is 9.87. The van der Waals surface area contributed by atoms with Crippen molar-refractivity contribution in [2.75, 3.05) is 13.2 Å². The van der Waals surface area contributed by atoms with E-state index < -0.39 is 0 Å². The van der Waals surface area contributed by atoms with E-state index in [2.05, 4.69) is 19.2 Å². The number of hydrogen-bond acceptors (Lipinski definition) is 3. The molecule has 0 bridgehead atoms. The van der Waals surface area contributed by atoms with Gasteiger partial charge in [0.05, 0.1) is 12.2 Å². The fourth-order valence-electron chi connectivity index (χ4n) is 2.63. The monoisotopic (exact) mass is 213 g/mol. The SMILES string of the molecule is CCC(NC1CCOC1C)C1CCCO1. The highest BCUT2D eigenvalue weighted by atomic mass is 16.5. The molecule has 0 radical (unpaired) electrons. The molecule has 0 spiro atoms. The van der Waals surface area contributed by atoms with Crippen molar-refractivity contribution in [3.05, 3.63) is 0 Å². The number of rotatable bonds is 4. The van der Waals surface area contributed by atoms with Crippen LogP contribution in [0.4, 0.5) is 0 Å². The average Bonchev–Trinajstić information content (AvgIpc) is 2.86. The molecule has 1 N–H and O–H groups in total. The van der Waals surface area contributed by atoms with E-state index in [0.717, 1.165) is 26.1 Å². The van der Waals surface area contributed by atoms with Crippen LogP contribution in [0.25, 0.3) is 0 Å². The highest BCUT2D eigenvalue weighted by molar-refractivity contribution is 4.87. The normalized spacial score (nSPS) is 38.4. The first-order valence-corrected chi connectivity index (χ1v) is 6.30. The van der Waals surface area contributed by atoms with Crippen LogP contribution in [0.5, 0.6) is 0 Å². The Bertz CT molecular complexity index is 192. The van der Waals surface area contributed by atoms with Crippen LogP contribution in [0.15, 0.2) is 0 Å². The maximum absolute atomic E-state index is 5.75. The molecule has 0 saturated carbocycles. The molecule has 88 valence electrons. The summed E-state index contributed by atoms with van der Waals surface area (Å²) >= 11 is 0. The van der Waals surface area contributed by atoms with E-state index in [-0.39, 0.29) is 0 Å². The summed E-state index contributed by atoms with van der Waals surface area (Å²) in [5.74, 6) is 0. The molecule has 3 nitrogen and oxygen atoms in total. The fourth-order valence-corrected chi connectivity index (χ4v) is 2.63. The minimum Gasteiger partial charge on any atom is -0.377 e. The van der Waals surface area contributed by atoms with Crippen molar-refractivity contribution in [1.82, 2.24) is 5.32 Å². The molecular weight excluding hydrogens is 190 g/mol. The zero-order chi connectivity index (χ0) is 10.7. The molecule has 2 saturated heterocycles. The zero-order valence-electron chi connectivity index (χ0n) is 9.87. The van der Waals surface area contributed by atoms with Gasteiger partial charge in [0, 0.05) is 25.3 Å². The van der Waals surface area contributed by atoms with Crippen LogP contribution in [0.3, 0.4) is 0 Å². The lowest BCUT2D eigenvalue weighted by atomic mass is 10.0. The summed E-state index contributed by atoms with van der Waals surface area (Å²) in [6, 6.07) is 1.04. The maximum Gasteiger partial charge on any atom is 0.0728 e. The van der Waals surface area contributed by atoms with Crippen molar-refractivity contribution in [2.45, 2.75) is 63.8 Å². The van der Waals surface area contributed by atoms with Crippen LogP contribution in [0.1, 0.15) is 39.5 Å². The third kappa shape index (κ3) is 2.71. The van der Waals surface area contributed by atoms with Crippen molar-refractivity contribution in [3.63, 3.8) is 0 Å². The smallest absolute Gasteiger partial charge is 0.0728 e. The van der Waals surface area contributed by atoms with E-state index in [1.165, 1.54) is 12.8 Å². The summed E-state index contributed by atoms with van der Waals surface area (Å²) < 4.78 is 11.3. The average molecular weight is 213 g/mol. The molecule has 2 aliphatic heterocycles. The van der Waals surface area contributed by atoms with Crippen LogP contribution in [-0.2, 0) is 9.47 Å². The van der Waals surface area contributed by atoms with Crippen LogP contribution in [-0.4, -0.2) is 37.5 Å². The van der Waals surface area contributed by atoms with Crippen molar-refractivity contribution in [1.29, 1.82) is 0 Å². The van der Waals surface area contributed by atoms with Gasteiger partial charge in [-0.15, -0.1) is 0 Å². The number of nitrogens with one attached hydrogen (secondary N) is 1. The molecule has 2 fully saturated rings. The van der Waals surface area contributed by atoms with Gasteiger partial charge < -0.3 is 14.8 Å². The van der Waals surface area contributed by atoms with Gasteiger partial charge in [-0.25, -0.2) is 0 Å². The Hall–Kier alpha value is -0.120. The quantitative estimate of drug-likeness (QED) is 0.771. The number of hydrogen-bond donors (Lipinski definition) is 1. The highest BCUT2D eigenvalue weighted by Gasteiger charge is 2.30. The highest BCUT2D eigenvalue weighted by Crippen LogP contribution is 2.20. The molecule has 0 aliphatic carbocycles. The Balaban J connectivity index is 1.84. The number of ether oxygens (including phenoxy) is 2. The minimum atomic E-state index is 0.362. The lowest BCUT2D eigenvalue weighted by molar-refractivity contribution is 0.0630. The molecular formula is C12H23NO2. The van der Waals surface area contributed by atoms with Gasteiger partial charge >= 0.3 is 0 Å². The summed E-state index contributed by atoms with van der Waals surface area (Å²) in [5.41, 5.74) is 0. The molecule has 3 heteroatoms. The van der Waals surface area contributed by atoms with Crippen molar-refractivity contribution in [2.24, 2.45) is 0 Å². The second kappa shape index (κ2) is 5.28. The van der Waals surface area contributed by atoms with Gasteiger partial charge in [-0.2, -0.15) is 0 Å². The second-order valence-electron chi connectivity index (χ2n) is 4.70. The Kier molecular flexibility index (Phi) is 4.00. The molecule has 2 heterocycles. The topological polar surface area (TPSA) is 30.5 Å². The maximum atomic E-state index is 5.75. The van der Waals surface area contributed by atoms with Gasteiger partial charge in [-0.1, -0.05) is 6.92 Å². The van der Waals surface area contributed by atoms with Crippen molar-refractivity contribution >= 4 is 0 Å². The first-order valence-electron chi connectivity index (χ1n) is 6.30. The largest absolute Gasteiger partial charge is 0.377 e. The van der Waals surface area contributed by atoms with Crippen LogP contribution in [0, 0.1) is 0 Å².